The van der Waals surface area contributed by atoms with Crippen LogP contribution < -0.4 is 0 Å². The molecule has 0 N–H and O–H groups in total. The van der Waals surface area contributed by atoms with Crippen molar-refractivity contribution >= 4 is 92.8 Å². The summed E-state index contributed by atoms with van der Waals surface area (Å²) in [6.45, 7) is 0. The van der Waals surface area contributed by atoms with Gasteiger partial charge in [0.05, 0.1) is 0 Å². The van der Waals surface area contributed by atoms with E-state index in [4.69, 9.17) is 92.8 Å². The van der Waals surface area contributed by atoms with E-state index in [0.717, 1.165) is 0 Å². The van der Waals surface area contributed by atoms with Gasteiger partial charge in [0.15, 0.2) is 7.59 Å². The molecule has 22 heavy (non-hydrogen) atoms. The van der Waals surface area contributed by atoms with Crippen LogP contribution in [0, 0.1) is 0 Å². The average molecular weight is 500 g/mol. The van der Waals surface area contributed by atoms with Gasteiger partial charge in [0.25, 0.3) is 0 Å². The largest absolute Gasteiger partial charge is 0.405 e. The highest BCUT2D eigenvalue weighted by Gasteiger charge is 2.43. The number of alkyl halides is 14. The smallest absolute Gasteiger partial charge is 0.169 e. The van der Waals surface area contributed by atoms with Crippen LogP contribution in [0.1, 0.15) is 12.8 Å². The lowest BCUT2D eigenvalue weighted by Gasteiger charge is -2.17. The molecule has 0 aromatic carbocycles. The Hall–Kier alpha value is 1.90. The Kier molecular flexibility index (Phi) is 11.4. The van der Waals surface area contributed by atoms with Gasteiger partial charge in [0.1, 0.15) is 10.8 Å². The van der Waals surface area contributed by atoms with E-state index in [1.807, 2.05) is 0 Å². The molecule has 0 aromatic heterocycles. The third-order valence-electron chi connectivity index (χ3n) is 1.53. The van der Waals surface area contributed by atoms with Crippen LogP contribution >= 0.6 is 92.8 Å². The highest BCUT2D eigenvalue weighted by Crippen LogP contribution is 2.39. The van der Waals surface area contributed by atoms with Gasteiger partial charge in [0.2, 0.25) is 0 Å². The van der Waals surface area contributed by atoms with Gasteiger partial charge in [-0.2, -0.15) is 26.3 Å². The summed E-state index contributed by atoms with van der Waals surface area (Å²) in [4.78, 5) is 0. The molecule has 14 heteroatoms. The summed E-state index contributed by atoms with van der Waals surface area (Å²) in [6.07, 6.45) is -10.5. The normalized spacial score (nSPS) is 16.6. The monoisotopic (exact) mass is 496 g/mol. The number of hydrogen-bond acceptors (Lipinski definition) is 0. The zero-order chi connectivity index (χ0) is 18.6. The van der Waals surface area contributed by atoms with Crippen LogP contribution in [0.15, 0.2) is 0 Å². The fraction of sp³-hybridized carbons (Fsp3) is 1.00. The van der Waals surface area contributed by atoms with Crippen molar-refractivity contribution in [2.24, 2.45) is 0 Å². The summed E-state index contributed by atoms with van der Waals surface area (Å²) >= 11 is 40.2. The van der Waals surface area contributed by atoms with E-state index in [2.05, 4.69) is 0 Å². The van der Waals surface area contributed by atoms with Crippen molar-refractivity contribution in [1.29, 1.82) is 0 Å². The minimum absolute atomic E-state index is 0.747. The van der Waals surface area contributed by atoms with Crippen molar-refractivity contribution in [3.63, 3.8) is 0 Å². The molecule has 0 aliphatic carbocycles. The Balaban J connectivity index is 0. The zero-order valence-corrected chi connectivity index (χ0v) is 15.9. The van der Waals surface area contributed by atoms with Crippen molar-refractivity contribution in [2.45, 2.75) is 43.5 Å². The summed E-state index contributed by atoms with van der Waals surface area (Å²) < 4.78 is 66.1. The van der Waals surface area contributed by atoms with Crippen LogP contribution in [-0.4, -0.2) is 30.7 Å². The van der Waals surface area contributed by atoms with Gasteiger partial charge >= 0.3 is 12.4 Å². The predicted octanol–water partition coefficient (Wildman–Crippen LogP) is 7.83. The maximum absolute atomic E-state index is 11.7. The molecule has 2 atom stereocenters. The fourth-order valence-corrected chi connectivity index (χ4v) is 2.50. The van der Waals surface area contributed by atoms with Crippen LogP contribution in [0.2, 0.25) is 0 Å². The summed E-state index contributed by atoms with van der Waals surface area (Å²) in [7, 11) is 0. The molecule has 0 heterocycles. The molecule has 0 aromatic rings. The Bertz CT molecular complexity index is 285. The van der Waals surface area contributed by atoms with E-state index in [1.54, 1.807) is 0 Å². The maximum Gasteiger partial charge on any atom is 0.405 e. The van der Waals surface area contributed by atoms with Gasteiger partial charge in [-0.05, 0) is 0 Å². The Morgan fingerprint density at radius 3 is 0.773 bits per heavy atom. The lowest BCUT2D eigenvalue weighted by Crippen LogP contribution is -2.27. The molecule has 2 unspecified atom stereocenters. The topological polar surface area (TPSA) is 0 Å². The fourth-order valence-electron chi connectivity index (χ4n) is 0.638. The first kappa shape index (κ1) is 26.1. The second-order valence-electron chi connectivity index (χ2n) is 3.66. The minimum Gasteiger partial charge on any atom is -0.169 e. The van der Waals surface area contributed by atoms with Gasteiger partial charge in [-0.3, -0.25) is 0 Å². The first-order valence-electron chi connectivity index (χ1n) is 4.81. The molecule has 0 spiro atoms. The summed E-state index contributed by atoms with van der Waals surface area (Å²) in [5.41, 5.74) is 0. The SMILES string of the molecule is FC(F)(F)C(Cl)CC(Cl)(Cl)Cl.FC(F)(F)C(Cl)CC(Cl)(Cl)Cl. The van der Waals surface area contributed by atoms with Gasteiger partial charge < -0.3 is 0 Å². The van der Waals surface area contributed by atoms with Gasteiger partial charge in [-0.25, -0.2) is 0 Å². The van der Waals surface area contributed by atoms with E-state index < -0.39 is 43.5 Å². The Morgan fingerprint density at radius 2 is 0.727 bits per heavy atom. The highest BCUT2D eigenvalue weighted by molar-refractivity contribution is 6.68. The highest BCUT2D eigenvalue weighted by atomic mass is 35.6. The zero-order valence-electron chi connectivity index (χ0n) is 9.86. The molecule has 136 valence electrons. The van der Waals surface area contributed by atoms with Crippen molar-refractivity contribution in [3.05, 3.63) is 0 Å². The second kappa shape index (κ2) is 9.56. The number of halogens is 14. The molecular weight excluding hydrogens is 494 g/mol. The van der Waals surface area contributed by atoms with Gasteiger partial charge in [0, 0.05) is 12.8 Å². The predicted molar refractivity (Wildman–Crippen MR) is 81.2 cm³/mol. The van der Waals surface area contributed by atoms with Gasteiger partial charge in [-0.1, -0.05) is 69.6 Å². The maximum atomic E-state index is 11.7. The average Bonchev–Trinajstić information content (AvgIpc) is 2.09. The number of rotatable bonds is 2. The lowest BCUT2D eigenvalue weighted by atomic mass is 10.3. The first-order chi connectivity index (χ1) is 9.26. The van der Waals surface area contributed by atoms with E-state index in [-0.39, 0.29) is 0 Å². The molecule has 0 radical (unpaired) electrons. The molecule has 0 saturated carbocycles. The van der Waals surface area contributed by atoms with E-state index in [0.29, 0.717) is 0 Å². The second-order valence-corrected chi connectivity index (χ2v) is 9.74. The quantitative estimate of drug-likeness (QED) is 0.268. The summed E-state index contributed by atoms with van der Waals surface area (Å²) in [5, 5.41) is -4.23. The van der Waals surface area contributed by atoms with Crippen LogP contribution in [-0.2, 0) is 0 Å². The standard InChI is InChI=1S/2C4H3Cl4F3/c2*5-2(4(9,10)11)1-3(6,7)8/h2*2H,1H2. The third kappa shape index (κ3) is 16.7. The van der Waals surface area contributed by atoms with Crippen LogP contribution in [0.5, 0.6) is 0 Å². The molecule has 0 saturated heterocycles. The van der Waals surface area contributed by atoms with E-state index >= 15 is 0 Å². The molecule has 0 bridgehead atoms. The molecule has 0 nitrogen and oxygen atoms in total. The summed E-state index contributed by atoms with van der Waals surface area (Å²) in [5.74, 6) is 0. The Morgan fingerprint density at radius 1 is 0.545 bits per heavy atom. The van der Waals surface area contributed by atoms with Crippen molar-refractivity contribution in [2.75, 3.05) is 0 Å². The van der Waals surface area contributed by atoms with Crippen molar-refractivity contribution in [1.82, 2.24) is 0 Å². The van der Waals surface area contributed by atoms with Crippen LogP contribution in [0.25, 0.3) is 0 Å². The number of hydrogen-bond donors (Lipinski definition) is 0. The molecular formula is C8H6Cl8F6. The molecule has 0 fully saturated rings. The molecule has 0 aliphatic rings. The minimum atomic E-state index is -4.52. The first-order valence-corrected chi connectivity index (χ1v) is 7.95. The van der Waals surface area contributed by atoms with E-state index in [1.165, 1.54) is 0 Å². The molecule has 0 rings (SSSR count). The Labute approximate surface area is 162 Å². The molecule has 0 aliphatic heterocycles. The van der Waals surface area contributed by atoms with Gasteiger partial charge in [-0.15, -0.1) is 23.2 Å². The molecule has 0 amide bonds. The van der Waals surface area contributed by atoms with E-state index in [9.17, 15) is 26.3 Å². The lowest BCUT2D eigenvalue weighted by molar-refractivity contribution is -0.132. The van der Waals surface area contributed by atoms with Crippen LogP contribution in [0.4, 0.5) is 26.3 Å². The van der Waals surface area contributed by atoms with Crippen LogP contribution in [0.3, 0.4) is 0 Å². The van der Waals surface area contributed by atoms with Crippen molar-refractivity contribution < 1.29 is 26.3 Å². The third-order valence-corrected chi connectivity index (χ3v) is 3.26. The summed E-state index contributed by atoms with van der Waals surface area (Å²) in [6, 6.07) is 0. The van der Waals surface area contributed by atoms with Crippen molar-refractivity contribution in [3.8, 4) is 0 Å².